The van der Waals surface area contributed by atoms with E-state index in [1.54, 1.807) is 29.6 Å². The largest absolute Gasteiger partial charge is 0.452 e. The molecule has 0 bridgehead atoms. The smallest absolute Gasteiger partial charge is 0.340 e. The maximum Gasteiger partial charge on any atom is 0.340 e. The zero-order valence-corrected chi connectivity index (χ0v) is 16.4. The van der Waals surface area contributed by atoms with Gasteiger partial charge in [-0.15, -0.1) is 11.3 Å². The number of esters is 1. The van der Waals surface area contributed by atoms with Crippen molar-refractivity contribution in [2.45, 2.75) is 0 Å². The van der Waals surface area contributed by atoms with Crippen molar-refractivity contribution in [2.24, 2.45) is 0 Å². The van der Waals surface area contributed by atoms with Crippen LogP contribution in [0.5, 0.6) is 0 Å². The number of nitrogens with two attached hydrogens (primary N) is 1. The van der Waals surface area contributed by atoms with Gasteiger partial charge in [0.2, 0.25) is 0 Å². The maximum atomic E-state index is 13.0. The van der Waals surface area contributed by atoms with Crippen LogP contribution >= 0.6 is 11.3 Å². The Balaban J connectivity index is 1.37. The molecule has 0 fully saturated rings. The Labute approximate surface area is 175 Å². The zero-order chi connectivity index (χ0) is 21.1. The van der Waals surface area contributed by atoms with Gasteiger partial charge in [-0.05, 0) is 47.2 Å². The third-order valence-electron chi connectivity index (χ3n) is 4.36. The lowest BCUT2D eigenvalue weighted by atomic mass is 10.1. The Kier molecular flexibility index (Phi) is 5.40. The first-order valence-corrected chi connectivity index (χ1v) is 9.84. The molecule has 30 heavy (non-hydrogen) atoms. The molecule has 0 spiro atoms. The monoisotopic (exact) mass is 421 g/mol. The number of nitrogens with one attached hydrogen (secondary N) is 1. The van der Waals surface area contributed by atoms with Crippen molar-refractivity contribution in [1.29, 1.82) is 0 Å². The summed E-state index contributed by atoms with van der Waals surface area (Å²) in [6, 6.07) is 16.7. The summed E-state index contributed by atoms with van der Waals surface area (Å²) in [5.41, 5.74) is 7.77. The molecule has 0 unspecified atom stereocenters. The second-order valence-electron chi connectivity index (χ2n) is 6.46. The third-order valence-corrected chi connectivity index (χ3v) is 5.12. The highest BCUT2D eigenvalue weighted by atomic mass is 32.1. The molecule has 3 N–H and O–H groups in total. The molecule has 0 atom stereocenters. The van der Waals surface area contributed by atoms with E-state index in [4.69, 9.17) is 10.5 Å². The van der Waals surface area contributed by atoms with E-state index in [2.05, 4.69) is 10.3 Å². The first-order chi connectivity index (χ1) is 14.5. The summed E-state index contributed by atoms with van der Waals surface area (Å²) in [6.45, 7) is -0.476. The molecule has 0 aliphatic rings. The van der Waals surface area contributed by atoms with Crippen molar-refractivity contribution in [3.63, 3.8) is 0 Å². The molecule has 3 aromatic carbocycles. The van der Waals surface area contributed by atoms with E-state index in [-0.39, 0.29) is 17.1 Å². The van der Waals surface area contributed by atoms with Crippen molar-refractivity contribution in [3.8, 4) is 11.3 Å². The maximum absolute atomic E-state index is 13.0. The predicted octanol–water partition coefficient (Wildman–Crippen LogP) is 4.48. The fourth-order valence-corrected chi connectivity index (χ4v) is 3.62. The van der Waals surface area contributed by atoms with Crippen LogP contribution in [-0.2, 0) is 9.53 Å². The molecule has 0 radical (unpaired) electrons. The SMILES string of the molecule is Nc1cc2ccccc2cc1C(=O)OCC(=O)Nc1nc(-c2ccc(F)cc2)cs1. The molecule has 4 aromatic rings. The van der Waals surface area contributed by atoms with E-state index in [0.29, 0.717) is 10.8 Å². The first kappa shape index (κ1) is 19.5. The van der Waals surface area contributed by atoms with E-state index in [1.165, 1.54) is 23.5 Å². The summed E-state index contributed by atoms with van der Waals surface area (Å²) >= 11 is 1.21. The number of anilines is 2. The Hall–Kier alpha value is -3.78. The number of hydrogen-bond donors (Lipinski definition) is 2. The molecule has 6 nitrogen and oxygen atoms in total. The van der Waals surface area contributed by atoms with Gasteiger partial charge in [0, 0.05) is 16.6 Å². The molecule has 0 saturated carbocycles. The number of carbonyl (C=O) groups excluding carboxylic acids is 2. The van der Waals surface area contributed by atoms with Crippen LogP contribution in [0.15, 0.2) is 66.0 Å². The second kappa shape index (κ2) is 8.30. The third kappa shape index (κ3) is 4.28. The summed E-state index contributed by atoms with van der Waals surface area (Å²) in [5.74, 6) is -1.54. The van der Waals surface area contributed by atoms with Crippen LogP contribution in [-0.4, -0.2) is 23.5 Å². The molecule has 0 aliphatic carbocycles. The lowest BCUT2D eigenvalue weighted by molar-refractivity contribution is -0.119. The van der Waals surface area contributed by atoms with Gasteiger partial charge in [-0.1, -0.05) is 24.3 Å². The van der Waals surface area contributed by atoms with Crippen LogP contribution in [0.25, 0.3) is 22.0 Å². The van der Waals surface area contributed by atoms with Gasteiger partial charge in [-0.2, -0.15) is 0 Å². The summed E-state index contributed by atoms with van der Waals surface area (Å²) in [5, 5.41) is 6.42. The lowest BCUT2D eigenvalue weighted by Crippen LogP contribution is -2.21. The van der Waals surface area contributed by atoms with Crippen molar-refractivity contribution < 1.29 is 18.7 Å². The van der Waals surface area contributed by atoms with Crippen LogP contribution < -0.4 is 11.1 Å². The lowest BCUT2D eigenvalue weighted by Gasteiger charge is -2.08. The number of carbonyl (C=O) groups is 2. The molecular formula is C22H16FN3O3S. The standard InChI is InChI=1S/C22H16FN3O3S/c23-16-7-5-13(6-8-16)19-12-30-22(25-19)26-20(27)11-29-21(28)17-9-14-3-1-2-4-15(14)10-18(17)24/h1-10,12H,11,24H2,(H,25,26,27). The van der Waals surface area contributed by atoms with Gasteiger partial charge < -0.3 is 10.5 Å². The molecule has 150 valence electrons. The summed E-state index contributed by atoms with van der Waals surface area (Å²) < 4.78 is 18.1. The van der Waals surface area contributed by atoms with Crippen molar-refractivity contribution in [2.75, 3.05) is 17.7 Å². The highest BCUT2D eigenvalue weighted by molar-refractivity contribution is 7.14. The number of ether oxygens (including phenoxy) is 1. The van der Waals surface area contributed by atoms with Gasteiger partial charge in [0.25, 0.3) is 5.91 Å². The van der Waals surface area contributed by atoms with Crippen molar-refractivity contribution >= 4 is 44.8 Å². The quantitative estimate of drug-likeness (QED) is 0.366. The fraction of sp³-hybridized carbons (Fsp3) is 0.0455. The number of fused-ring (bicyclic) bond motifs is 1. The number of hydrogen-bond acceptors (Lipinski definition) is 6. The highest BCUT2D eigenvalue weighted by Gasteiger charge is 2.15. The van der Waals surface area contributed by atoms with Crippen LogP contribution in [0, 0.1) is 5.82 Å². The van der Waals surface area contributed by atoms with Gasteiger partial charge in [-0.25, -0.2) is 14.2 Å². The van der Waals surface area contributed by atoms with E-state index in [1.807, 2.05) is 24.3 Å². The van der Waals surface area contributed by atoms with Gasteiger partial charge >= 0.3 is 5.97 Å². The van der Waals surface area contributed by atoms with Crippen LogP contribution in [0.1, 0.15) is 10.4 Å². The Morgan fingerprint density at radius 2 is 1.77 bits per heavy atom. The average Bonchev–Trinajstić information content (AvgIpc) is 3.20. The van der Waals surface area contributed by atoms with Crippen LogP contribution in [0.4, 0.5) is 15.2 Å². The van der Waals surface area contributed by atoms with Gasteiger partial charge in [0.05, 0.1) is 11.3 Å². The molecular weight excluding hydrogens is 405 g/mol. The summed E-state index contributed by atoms with van der Waals surface area (Å²) in [7, 11) is 0. The number of nitrogen functional groups attached to an aromatic ring is 1. The first-order valence-electron chi connectivity index (χ1n) is 8.96. The average molecular weight is 421 g/mol. The van der Waals surface area contributed by atoms with E-state index in [0.717, 1.165) is 16.3 Å². The molecule has 1 heterocycles. The van der Waals surface area contributed by atoms with Gasteiger partial charge in [-0.3, -0.25) is 10.1 Å². The Morgan fingerprint density at radius 1 is 1.07 bits per heavy atom. The van der Waals surface area contributed by atoms with Crippen LogP contribution in [0.2, 0.25) is 0 Å². The summed E-state index contributed by atoms with van der Waals surface area (Å²) in [6.07, 6.45) is 0. The Bertz CT molecular complexity index is 1240. The minimum atomic E-state index is -0.681. The van der Waals surface area contributed by atoms with E-state index >= 15 is 0 Å². The van der Waals surface area contributed by atoms with Gasteiger partial charge in [0.15, 0.2) is 11.7 Å². The number of aromatic nitrogens is 1. The fourth-order valence-electron chi connectivity index (χ4n) is 2.88. The topological polar surface area (TPSA) is 94.3 Å². The highest BCUT2D eigenvalue weighted by Crippen LogP contribution is 2.25. The Morgan fingerprint density at radius 3 is 2.50 bits per heavy atom. The molecule has 1 amide bonds. The summed E-state index contributed by atoms with van der Waals surface area (Å²) in [4.78, 5) is 28.8. The minimum Gasteiger partial charge on any atom is -0.452 e. The molecule has 8 heteroatoms. The molecule has 0 aliphatic heterocycles. The number of nitrogens with zero attached hydrogens (tertiary/aromatic N) is 1. The van der Waals surface area contributed by atoms with E-state index < -0.39 is 18.5 Å². The molecule has 1 aromatic heterocycles. The minimum absolute atomic E-state index is 0.203. The number of rotatable bonds is 5. The van der Waals surface area contributed by atoms with Gasteiger partial charge in [0.1, 0.15) is 5.82 Å². The molecule has 4 rings (SSSR count). The van der Waals surface area contributed by atoms with Crippen LogP contribution in [0.3, 0.4) is 0 Å². The number of halogens is 1. The van der Waals surface area contributed by atoms with Crippen molar-refractivity contribution in [1.82, 2.24) is 4.98 Å². The zero-order valence-electron chi connectivity index (χ0n) is 15.6. The predicted molar refractivity (Wildman–Crippen MR) is 115 cm³/mol. The van der Waals surface area contributed by atoms with Crippen molar-refractivity contribution in [3.05, 3.63) is 77.4 Å². The number of benzene rings is 3. The number of thiazole rings is 1. The normalized spacial score (nSPS) is 10.7. The number of amides is 1. The van der Waals surface area contributed by atoms with E-state index in [9.17, 15) is 14.0 Å². The molecule has 0 saturated heterocycles. The second-order valence-corrected chi connectivity index (χ2v) is 7.31.